The van der Waals surface area contributed by atoms with E-state index in [1.165, 1.54) is 11.3 Å². The van der Waals surface area contributed by atoms with Crippen molar-refractivity contribution in [3.05, 3.63) is 10.7 Å². The average Bonchev–Trinajstić information content (AvgIpc) is 2.68. The number of thiazole rings is 1. The summed E-state index contributed by atoms with van der Waals surface area (Å²) in [6, 6.07) is -0.238. The molecular formula is C12H17N3O3S. The number of aryl methyl sites for hydroxylation is 2. The Bertz CT molecular complexity index is 500. The molecule has 1 unspecified atom stereocenters. The number of aromatic nitrogens is 1. The lowest BCUT2D eigenvalue weighted by molar-refractivity contribution is -0.143. The molecule has 19 heavy (non-hydrogen) atoms. The molecule has 0 aliphatic carbocycles. The molecule has 2 heterocycles. The number of amides is 2. The second kappa shape index (κ2) is 5.56. The molecule has 1 aliphatic rings. The van der Waals surface area contributed by atoms with E-state index in [1.54, 1.807) is 4.90 Å². The summed E-state index contributed by atoms with van der Waals surface area (Å²) in [5, 5.41) is 13.5. The van der Waals surface area contributed by atoms with Crippen molar-refractivity contribution in [2.45, 2.75) is 26.7 Å². The Morgan fingerprint density at radius 3 is 2.79 bits per heavy atom. The number of carbonyl (C=O) groups excluding carboxylic acids is 1. The first-order valence-corrected chi connectivity index (χ1v) is 7.02. The van der Waals surface area contributed by atoms with Crippen LogP contribution in [-0.2, 0) is 4.79 Å². The summed E-state index contributed by atoms with van der Waals surface area (Å²) >= 11 is 1.43. The molecule has 1 fully saturated rings. The normalized spacial score (nSPS) is 19.3. The van der Waals surface area contributed by atoms with Gasteiger partial charge < -0.3 is 10.0 Å². The fourth-order valence-corrected chi connectivity index (χ4v) is 3.00. The highest BCUT2D eigenvalue weighted by Crippen LogP contribution is 2.24. The van der Waals surface area contributed by atoms with Crippen LogP contribution in [0.4, 0.5) is 9.80 Å². The number of urea groups is 1. The van der Waals surface area contributed by atoms with Crippen LogP contribution in [0.5, 0.6) is 0 Å². The van der Waals surface area contributed by atoms with E-state index in [4.69, 9.17) is 5.11 Å². The van der Waals surface area contributed by atoms with Crippen molar-refractivity contribution in [3.8, 4) is 0 Å². The molecule has 0 spiro atoms. The summed E-state index contributed by atoms with van der Waals surface area (Å²) in [7, 11) is 0. The number of nitrogens with one attached hydrogen (secondary N) is 1. The largest absolute Gasteiger partial charge is 0.481 e. The Morgan fingerprint density at radius 2 is 2.21 bits per heavy atom. The molecule has 6 nitrogen and oxygen atoms in total. The van der Waals surface area contributed by atoms with Gasteiger partial charge in [0, 0.05) is 13.1 Å². The van der Waals surface area contributed by atoms with Crippen LogP contribution in [0, 0.1) is 19.8 Å². The van der Waals surface area contributed by atoms with Gasteiger partial charge >= 0.3 is 12.0 Å². The zero-order valence-corrected chi connectivity index (χ0v) is 11.8. The predicted molar refractivity (Wildman–Crippen MR) is 72.5 cm³/mol. The van der Waals surface area contributed by atoms with Crippen LogP contribution in [0.1, 0.15) is 23.5 Å². The summed E-state index contributed by atoms with van der Waals surface area (Å²) in [6.07, 6.45) is 1.36. The van der Waals surface area contributed by atoms with Gasteiger partial charge in [-0.25, -0.2) is 9.78 Å². The zero-order chi connectivity index (χ0) is 14.0. The summed E-state index contributed by atoms with van der Waals surface area (Å²) in [5.41, 5.74) is 0.794. The lowest BCUT2D eigenvalue weighted by atomic mass is 9.99. The molecule has 0 saturated carbocycles. The number of aliphatic carboxylic acids is 1. The standard InChI is InChI=1S/C12H17N3O3S/c1-7-10(19-8(2)13-7)14-12(18)15-5-3-4-9(6-15)11(16)17/h9H,3-6H2,1-2H3,(H,14,18)(H,16,17). The molecule has 0 bridgehead atoms. The van der Waals surface area contributed by atoms with E-state index in [-0.39, 0.29) is 12.6 Å². The van der Waals surface area contributed by atoms with E-state index >= 15 is 0 Å². The third-order valence-electron chi connectivity index (χ3n) is 3.18. The minimum atomic E-state index is -0.831. The van der Waals surface area contributed by atoms with E-state index in [0.717, 1.165) is 22.1 Å². The second-order valence-electron chi connectivity index (χ2n) is 4.70. The van der Waals surface area contributed by atoms with E-state index in [9.17, 15) is 9.59 Å². The Morgan fingerprint density at radius 1 is 1.47 bits per heavy atom. The van der Waals surface area contributed by atoms with Gasteiger partial charge in [-0.2, -0.15) is 0 Å². The highest BCUT2D eigenvalue weighted by atomic mass is 32.1. The zero-order valence-electron chi connectivity index (χ0n) is 11.0. The topological polar surface area (TPSA) is 82.5 Å². The lowest BCUT2D eigenvalue weighted by Gasteiger charge is -2.30. The van der Waals surface area contributed by atoms with Crippen LogP contribution in [0.2, 0.25) is 0 Å². The summed E-state index contributed by atoms with van der Waals surface area (Å²) < 4.78 is 0. The number of rotatable bonds is 2. The molecule has 0 radical (unpaired) electrons. The van der Waals surface area contributed by atoms with E-state index in [0.29, 0.717) is 13.0 Å². The van der Waals surface area contributed by atoms with Gasteiger partial charge in [0.15, 0.2) is 0 Å². The maximum atomic E-state index is 12.1. The number of carbonyl (C=O) groups is 2. The first kappa shape index (κ1) is 13.8. The van der Waals surface area contributed by atoms with Gasteiger partial charge in [0.2, 0.25) is 0 Å². The maximum absolute atomic E-state index is 12.1. The van der Waals surface area contributed by atoms with E-state index in [2.05, 4.69) is 10.3 Å². The first-order valence-electron chi connectivity index (χ1n) is 6.20. The number of hydrogen-bond donors (Lipinski definition) is 2. The number of hydrogen-bond acceptors (Lipinski definition) is 4. The van der Waals surface area contributed by atoms with Gasteiger partial charge in [0.1, 0.15) is 5.00 Å². The number of carboxylic acid groups (broad SMARTS) is 1. The molecule has 2 N–H and O–H groups in total. The van der Waals surface area contributed by atoms with Gasteiger partial charge in [-0.15, -0.1) is 11.3 Å². The van der Waals surface area contributed by atoms with Crippen LogP contribution in [0.3, 0.4) is 0 Å². The highest BCUT2D eigenvalue weighted by molar-refractivity contribution is 7.16. The van der Waals surface area contributed by atoms with Crippen molar-refractivity contribution in [3.63, 3.8) is 0 Å². The number of piperidine rings is 1. The molecule has 1 saturated heterocycles. The fraction of sp³-hybridized carbons (Fsp3) is 0.583. The SMILES string of the molecule is Cc1nc(C)c(NC(=O)N2CCCC(C(=O)O)C2)s1. The maximum Gasteiger partial charge on any atom is 0.322 e. The van der Waals surface area contributed by atoms with Crippen LogP contribution >= 0.6 is 11.3 Å². The summed E-state index contributed by atoms with van der Waals surface area (Å²) in [6.45, 7) is 4.61. The van der Waals surface area contributed by atoms with Crippen molar-refractivity contribution in [2.24, 2.45) is 5.92 Å². The van der Waals surface area contributed by atoms with Gasteiger partial charge in [-0.05, 0) is 26.7 Å². The van der Waals surface area contributed by atoms with Gasteiger partial charge in [-0.1, -0.05) is 0 Å². The van der Waals surface area contributed by atoms with Crippen molar-refractivity contribution in [1.29, 1.82) is 0 Å². The van der Waals surface area contributed by atoms with Crippen molar-refractivity contribution in [1.82, 2.24) is 9.88 Å². The van der Waals surface area contributed by atoms with Crippen LogP contribution < -0.4 is 5.32 Å². The second-order valence-corrected chi connectivity index (χ2v) is 5.90. The number of carboxylic acids is 1. The van der Waals surface area contributed by atoms with Crippen molar-refractivity contribution >= 4 is 28.3 Å². The van der Waals surface area contributed by atoms with Gasteiger partial charge in [-0.3, -0.25) is 10.1 Å². The Kier molecular flexibility index (Phi) is 4.04. The van der Waals surface area contributed by atoms with E-state index < -0.39 is 11.9 Å². The molecule has 7 heteroatoms. The monoisotopic (exact) mass is 283 g/mol. The lowest BCUT2D eigenvalue weighted by Crippen LogP contribution is -2.44. The highest BCUT2D eigenvalue weighted by Gasteiger charge is 2.28. The molecule has 2 amide bonds. The number of nitrogens with zero attached hydrogens (tertiary/aromatic N) is 2. The van der Waals surface area contributed by atoms with Crippen LogP contribution in [0.15, 0.2) is 0 Å². The third kappa shape index (κ3) is 3.23. The molecular weight excluding hydrogens is 266 g/mol. The van der Waals surface area contributed by atoms with Gasteiger partial charge in [0.05, 0.1) is 16.6 Å². The Hall–Kier alpha value is -1.63. The first-order chi connectivity index (χ1) is 8.97. The quantitative estimate of drug-likeness (QED) is 0.870. The number of anilines is 1. The molecule has 1 atom stereocenters. The number of likely N-dealkylation sites (tertiary alicyclic amines) is 1. The molecule has 1 aliphatic heterocycles. The van der Waals surface area contributed by atoms with Crippen molar-refractivity contribution < 1.29 is 14.7 Å². The molecule has 2 rings (SSSR count). The minimum Gasteiger partial charge on any atom is -0.481 e. The Balaban J connectivity index is 2.00. The predicted octanol–water partition coefficient (Wildman–Crippen LogP) is 2.09. The Labute approximate surface area is 115 Å². The van der Waals surface area contributed by atoms with E-state index in [1.807, 2.05) is 13.8 Å². The average molecular weight is 283 g/mol. The van der Waals surface area contributed by atoms with Gasteiger partial charge in [0.25, 0.3) is 0 Å². The molecule has 0 aromatic carbocycles. The van der Waals surface area contributed by atoms with Crippen LogP contribution in [0.25, 0.3) is 0 Å². The summed E-state index contributed by atoms with van der Waals surface area (Å²) in [5.74, 6) is -1.29. The third-order valence-corrected chi connectivity index (χ3v) is 4.17. The molecule has 1 aromatic heterocycles. The minimum absolute atomic E-state index is 0.238. The smallest absolute Gasteiger partial charge is 0.322 e. The summed E-state index contributed by atoms with van der Waals surface area (Å²) in [4.78, 5) is 28.9. The molecule has 104 valence electrons. The molecule has 1 aromatic rings. The fourth-order valence-electron chi connectivity index (χ4n) is 2.19. The van der Waals surface area contributed by atoms with Crippen LogP contribution in [-0.4, -0.2) is 40.1 Å². The van der Waals surface area contributed by atoms with Crippen molar-refractivity contribution in [2.75, 3.05) is 18.4 Å².